The van der Waals surface area contributed by atoms with Gasteiger partial charge in [-0.15, -0.1) is 0 Å². The van der Waals surface area contributed by atoms with Gasteiger partial charge >= 0.3 is 5.97 Å². The number of aromatic amines is 1. The molecule has 4 heteroatoms. The fraction of sp³-hybridized carbons (Fsp3) is 0.182. The molecule has 0 aliphatic heterocycles. The lowest BCUT2D eigenvalue weighted by molar-refractivity contribution is -0.137. The van der Waals surface area contributed by atoms with Gasteiger partial charge in [0.1, 0.15) is 11.9 Å². The molecule has 4 nitrogen and oxygen atoms in total. The number of aliphatic carboxylic acids is 1. The molecule has 1 atom stereocenters. The first kappa shape index (κ1) is 9.58. The van der Waals surface area contributed by atoms with E-state index < -0.39 is 12.0 Å². The number of nitrogens with one attached hydrogen (secondary N) is 2. The van der Waals surface area contributed by atoms with E-state index in [2.05, 4.69) is 10.3 Å². The highest BCUT2D eigenvalue weighted by Gasteiger charge is 2.10. The van der Waals surface area contributed by atoms with Crippen molar-refractivity contribution in [3.05, 3.63) is 30.3 Å². The van der Waals surface area contributed by atoms with Crippen molar-refractivity contribution in [2.45, 2.75) is 13.0 Å². The number of rotatable bonds is 3. The number of carboxylic acid groups (broad SMARTS) is 1. The van der Waals surface area contributed by atoms with Crippen LogP contribution in [0.15, 0.2) is 30.3 Å². The fourth-order valence-corrected chi connectivity index (χ4v) is 1.45. The second-order valence-electron chi connectivity index (χ2n) is 3.47. The third-order valence-corrected chi connectivity index (χ3v) is 2.27. The predicted molar refractivity (Wildman–Crippen MR) is 59.0 cm³/mol. The summed E-state index contributed by atoms with van der Waals surface area (Å²) in [7, 11) is 0. The Hall–Kier alpha value is -1.97. The van der Waals surface area contributed by atoms with Crippen LogP contribution < -0.4 is 5.32 Å². The van der Waals surface area contributed by atoms with Crippen molar-refractivity contribution in [2.24, 2.45) is 0 Å². The molecule has 0 aliphatic carbocycles. The molecule has 0 amide bonds. The van der Waals surface area contributed by atoms with E-state index in [9.17, 15) is 4.79 Å². The molecule has 1 aromatic carbocycles. The van der Waals surface area contributed by atoms with Crippen LogP contribution in [0.5, 0.6) is 0 Å². The van der Waals surface area contributed by atoms with Gasteiger partial charge in [-0.2, -0.15) is 0 Å². The summed E-state index contributed by atoms with van der Waals surface area (Å²) in [5.41, 5.74) is 0.998. The molecular formula is C11H12N2O2. The minimum atomic E-state index is -0.867. The minimum absolute atomic E-state index is 0.599. The van der Waals surface area contributed by atoms with Crippen molar-refractivity contribution in [1.82, 2.24) is 4.98 Å². The lowest BCUT2D eigenvalue weighted by atomic mass is 10.2. The van der Waals surface area contributed by atoms with Crippen LogP contribution in [0.1, 0.15) is 6.92 Å². The Morgan fingerprint density at radius 2 is 2.20 bits per heavy atom. The van der Waals surface area contributed by atoms with E-state index in [1.54, 1.807) is 6.92 Å². The molecule has 1 heterocycles. The number of aromatic nitrogens is 1. The maximum Gasteiger partial charge on any atom is 0.325 e. The van der Waals surface area contributed by atoms with Crippen molar-refractivity contribution in [2.75, 3.05) is 5.32 Å². The summed E-state index contributed by atoms with van der Waals surface area (Å²) in [5.74, 6) is -0.139. The van der Waals surface area contributed by atoms with Gasteiger partial charge in [0.2, 0.25) is 0 Å². The molecule has 2 aromatic rings. The average Bonchev–Trinajstić information content (AvgIpc) is 2.59. The van der Waals surface area contributed by atoms with Gasteiger partial charge in [-0.05, 0) is 19.1 Å². The maximum atomic E-state index is 10.6. The highest BCUT2D eigenvalue weighted by atomic mass is 16.4. The van der Waals surface area contributed by atoms with Crippen molar-refractivity contribution < 1.29 is 9.90 Å². The topological polar surface area (TPSA) is 65.1 Å². The molecule has 0 radical (unpaired) electrons. The smallest absolute Gasteiger partial charge is 0.325 e. The average molecular weight is 204 g/mol. The molecule has 78 valence electrons. The zero-order valence-corrected chi connectivity index (χ0v) is 8.32. The summed E-state index contributed by atoms with van der Waals surface area (Å²) >= 11 is 0. The molecule has 0 fully saturated rings. The summed E-state index contributed by atoms with van der Waals surface area (Å²) in [6.45, 7) is 1.60. The van der Waals surface area contributed by atoms with Crippen LogP contribution in [0.4, 0.5) is 5.82 Å². The minimum Gasteiger partial charge on any atom is -0.480 e. The fourth-order valence-electron chi connectivity index (χ4n) is 1.45. The van der Waals surface area contributed by atoms with Crippen molar-refractivity contribution >= 4 is 22.7 Å². The van der Waals surface area contributed by atoms with Gasteiger partial charge in [-0.3, -0.25) is 4.79 Å². The summed E-state index contributed by atoms with van der Waals surface area (Å²) in [6.07, 6.45) is 0. The Balaban J connectivity index is 2.26. The van der Waals surface area contributed by atoms with Crippen LogP contribution in [-0.2, 0) is 4.79 Å². The van der Waals surface area contributed by atoms with Gasteiger partial charge in [0.15, 0.2) is 0 Å². The molecule has 0 saturated heterocycles. The zero-order valence-electron chi connectivity index (χ0n) is 8.32. The molecular weight excluding hydrogens is 192 g/mol. The zero-order chi connectivity index (χ0) is 10.8. The first-order valence-electron chi connectivity index (χ1n) is 4.74. The van der Waals surface area contributed by atoms with E-state index in [-0.39, 0.29) is 0 Å². The van der Waals surface area contributed by atoms with Gasteiger partial charge in [0.05, 0.1) is 0 Å². The number of para-hydroxylation sites is 1. The predicted octanol–water partition coefficient (Wildman–Crippen LogP) is 2.05. The number of benzene rings is 1. The molecule has 2 rings (SSSR count). The summed E-state index contributed by atoms with van der Waals surface area (Å²) < 4.78 is 0. The summed E-state index contributed by atoms with van der Waals surface area (Å²) in [5, 5.41) is 12.7. The largest absolute Gasteiger partial charge is 0.480 e. The van der Waals surface area contributed by atoms with E-state index in [0.29, 0.717) is 0 Å². The highest BCUT2D eigenvalue weighted by molar-refractivity contribution is 5.85. The first-order chi connectivity index (χ1) is 7.16. The van der Waals surface area contributed by atoms with E-state index in [1.807, 2.05) is 30.3 Å². The van der Waals surface area contributed by atoms with E-state index >= 15 is 0 Å². The van der Waals surface area contributed by atoms with Crippen molar-refractivity contribution in [3.63, 3.8) is 0 Å². The molecule has 3 N–H and O–H groups in total. The molecule has 0 unspecified atom stereocenters. The quantitative estimate of drug-likeness (QED) is 0.716. The van der Waals surface area contributed by atoms with Crippen molar-refractivity contribution in [3.8, 4) is 0 Å². The van der Waals surface area contributed by atoms with Gasteiger partial charge in [0, 0.05) is 10.9 Å². The SMILES string of the molecule is C[C@H](Nc1cc2ccccc2[nH]1)C(=O)O. The third kappa shape index (κ3) is 1.93. The van der Waals surface area contributed by atoms with Crippen LogP contribution in [-0.4, -0.2) is 22.1 Å². The molecule has 0 aliphatic rings. The highest BCUT2D eigenvalue weighted by Crippen LogP contribution is 2.18. The van der Waals surface area contributed by atoms with Crippen LogP contribution in [0.25, 0.3) is 10.9 Å². The van der Waals surface area contributed by atoms with E-state index in [4.69, 9.17) is 5.11 Å². The molecule has 0 saturated carbocycles. The number of hydrogen-bond donors (Lipinski definition) is 3. The third-order valence-electron chi connectivity index (χ3n) is 2.27. The molecule has 0 spiro atoms. The number of fused-ring (bicyclic) bond motifs is 1. The van der Waals surface area contributed by atoms with Crippen LogP contribution in [0.3, 0.4) is 0 Å². The molecule has 1 aromatic heterocycles. The lowest BCUT2D eigenvalue weighted by Crippen LogP contribution is -2.25. The Morgan fingerprint density at radius 3 is 2.87 bits per heavy atom. The number of carboxylic acids is 1. The van der Waals surface area contributed by atoms with E-state index in [0.717, 1.165) is 16.7 Å². The molecule has 0 bridgehead atoms. The first-order valence-corrected chi connectivity index (χ1v) is 4.74. The van der Waals surface area contributed by atoms with E-state index in [1.165, 1.54) is 0 Å². The normalized spacial score (nSPS) is 12.6. The Kier molecular flexibility index (Phi) is 2.33. The summed E-state index contributed by atoms with van der Waals surface area (Å²) in [4.78, 5) is 13.7. The van der Waals surface area contributed by atoms with Gasteiger partial charge in [0.25, 0.3) is 0 Å². The number of H-pyrrole nitrogens is 1. The standard InChI is InChI=1S/C11H12N2O2/c1-7(11(14)15)12-10-6-8-4-2-3-5-9(8)13-10/h2-7,12-13H,1H3,(H,14,15)/t7-/m0/s1. The number of carbonyl (C=O) groups is 1. The number of anilines is 1. The van der Waals surface area contributed by atoms with Gasteiger partial charge in [-0.1, -0.05) is 18.2 Å². The maximum absolute atomic E-state index is 10.6. The van der Waals surface area contributed by atoms with Crippen LogP contribution >= 0.6 is 0 Å². The second-order valence-corrected chi connectivity index (χ2v) is 3.47. The monoisotopic (exact) mass is 204 g/mol. The Morgan fingerprint density at radius 1 is 1.47 bits per heavy atom. The van der Waals surface area contributed by atoms with Crippen LogP contribution in [0.2, 0.25) is 0 Å². The lowest BCUT2D eigenvalue weighted by Gasteiger charge is -2.07. The Bertz CT molecular complexity index is 457. The van der Waals surface area contributed by atoms with Gasteiger partial charge < -0.3 is 15.4 Å². The van der Waals surface area contributed by atoms with Gasteiger partial charge in [-0.25, -0.2) is 0 Å². The second kappa shape index (κ2) is 3.65. The van der Waals surface area contributed by atoms with Crippen molar-refractivity contribution in [1.29, 1.82) is 0 Å². The summed E-state index contributed by atoms with van der Waals surface area (Å²) in [6, 6.07) is 9.10. The molecule has 15 heavy (non-hydrogen) atoms. The number of hydrogen-bond acceptors (Lipinski definition) is 2. The Labute approximate surface area is 86.9 Å². The van der Waals surface area contributed by atoms with Crippen LogP contribution in [0, 0.1) is 0 Å².